The SMILES string of the molecule is CCCCOC(=O)C(C)n1c(C)nc2scc(-c3ccc(OC)cc3)c2c1=O. The summed E-state index contributed by atoms with van der Waals surface area (Å²) in [5.74, 6) is 0.833. The van der Waals surface area contributed by atoms with Gasteiger partial charge in [-0.25, -0.2) is 9.78 Å². The minimum Gasteiger partial charge on any atom is -0.497 e. The molecule has 0 saturated carbocycles. The van der Waals surface area contributed by atoms with Crippen molar-refractivity contribution in [3.63, 3.8) is 0 Å². The molecular weight excluding hydrogens is 376 g/mol. The molecule has 0 radical (unpaired) electrons. The highest BCUT2D eigenvalue weighted by Crippen LogP contribution is 2.32. The number of benzene rings is 1. The first-order chi connectivity index (χ1) is 13.5. The van der Waals surface area contributed by atoms with E-state index in [1.54, 1.807) is 21.0 Å². The first-order valence-electron chi connectivity index (χ1n) is 9.29. The van der Waals surface area contributed by atoms with Gasteiger partial charge in [-0.2, -0.15) is 0 Å². The Kier molecular flexibility index (Phi) is 6.14. The van der Waals surface area contributed by atoms with Gasteiger partial charge in [0.15, 0.2) is 0 Å². The van der Waals surface area contributed by atoms with Crippen molar-refractivity contribution in [2.75, 3.05) is 13.7 Å². The van der Waals surface area contributed by atoms with Gasteiger partial charge in [-0.1, -0.05) is 25.5 Å². The number of nitrogens with zero attached hydrogens (tertiary/aromatic N) is 2. The lowest BCUT2D eigenvalue weighted by atomic mass is 10.1. The van der Waals surface area contributed by atoms with Gasteiger partial charge in [0.2, 0.25) is 0 Å². The standard InChI is InChI=1S/C21H24N2O4S/c1-5-6-11-27-21(25)13(2)23-14(3)22-19-18(20(23)24)17(12-28-19)15-7-9-16(26-4)10-8-15/h7-10,12-13H,5-6,11H2,1-4H3. The summed E-state index contributed by atoms with van der Waals surface area (Å²) >= 11 is 1.42. The molecule has 3 aromatic rings. The van der Waals surface area contributed by atoms with E-state index in [4.69, 9.17) is 9.47 Å². The fraction of sp³-hybridized carbons (Fsp3) is 0.381. The van der Waals surface area contributed by atoms with Crippen LogP contribution in [0.3, 0.4) is 0 Å². The van der Waals surface area contributed by atoms with E-state index in [0.29, 0.717) is 22.6 Å². The number of hydrogen-bond acceptors (Lipinski definition) is 6. The number of aromatic nitrogens is 2. The zero-order valence-corrected chi connectivity index (χ0v) is 17.3. The first-order valence-corrected chi connectivity index (χ1v) is 10.2. The average Bonchev–Trinajstić information content (AvgIpc) is 3.12. The molecule has 1 unspecified atom stereocenters. The van der Waals surface area contributed by atoms with Crippen LogP contribution in [0.25, 0.3) is 21.3 Å². The highest BCUT2D eigenvalue weighted by molar-refractivity contribution is 7.17. The Morgan fingerprint density at radius 2 is 2.00 bits per heavy atom. The molecule has 0 spiro atoms. The Morgan fingerprint density at radius 1 is 1.29 bits per heavy atom. The van der Waals surface area contributed by atoms with Crippen molar-refractivity contribution in [3.8, 4) is 16.9 Å². The minimum atomic E-state index is -0.732. The van der Waals surface area contributed by atoms with Gasteiger partial charge in [-0.05, 0) is 38.0 Å². The maximum atomic E-state index is 13.3. The van der Waals surface area contributed by atoms with E-state index in [2.05, 4.69) is 4.98 Å². The van der Waals surface area contributed by atoms with E-state index >= 15 is 0 Å². The molecule has 1 aromatic carbocycles. The molecule has 28 heavy (non-hydrogen) atoms. The summed E-state index contributed by atoms with van der Waals surface area (Å²) < 4.78 is 11.9. The number of carbonyl (C=O) groups is 1. The quantitative estimate of drug-likeness (QED) is 0.436. The van der Waals surface area contributed by atoms with E-state index in [-0.39, 0.29) is 5.56 Å². The van der Waals surface area contributed by atoms with Crippen LogP contribution in [0, 0.1) is 6.92 Å². The third-order valence-corrected chi connectivity index (χ3v) is 5.56. The van der Waals surface area contributed by atoms with Gasteiger partial charge in [-0.15, -0.1) is 11.3 Å². The van der Waals surface area contributed by atoms with Gasteiger partial charge in [0.1, 0.15) is 22.4 Å². The van der Waals surface area contributed by atoms with Crippen LogP contribution < -0.4 is 10.3 Å². The summed E-state index contributed by atoms with van der Waals surface area (Å²) in [6.45, 7) is 5.80. The maximum Gasteiger partial charge on any atom is 0.329 e. The summed E-state index contributed by atoms with van der Waals surface area (Å²) in [4.78, 5) is 30.9. The summed E-state index contributed by atoms with van der Waals surface area (Å²) in [6, 6.07) is 6.79. The van der Waals surface area contributed by atoms with Crippen molar-refractivity contribution in [2.24, 2.45) is 0 Å². The van der Waals surface area contributed by atoms with Crippen LogP contribution >= 0.6 is 11.3 Å². The number of rotatable bonds is 7. The van der Waals surface area contributed by atoms with Crippen molar-refractivity contribution in [3.05, 3.63) is 45.8 Å². The van der Waals surface area contributed by atoms with Crippen molar-refractivity contribution in [1.82, 2.24) is 9.55 Å². The van der Waals surface area contributed by atoms with Crippen LogP contribution in [0.15, 0.2) is 34.4 Å². The van der Waals surface area contributed by atoms with Crippen LogP contribution in [-0.2, 0) is 9.53 Å². The molecule has 0 bridgehead atoms. The third-order valence-electron chi connectivity index (χ3n) is 4.69. The molecule has 2 aromatic heterocycles. The maximum absolute atomic E-state index is 13.3. The monoisotopic (exact) mass is 400 g/mol. The van der Waals surface area contributed by atoms with Crippen molar-refractivity contribution < 1.29 is 14.3 Å². The second-order valence-corrected chi connectivity index (χ2v) is 7.45. The van der Waals surface area contributed by atoms with Gasteiger partial charge < -0.3 is 9.47 Å². The van der Waals surface area contributed by atoms with E-state index < -0.39 is 12.0 Å². The van der Waals surface area contributed by atoms with Crippen molar-refractivity contribution in [2.45, 2.75) is 39.7 Å². The fourth-order valence-corrected chi connectivity index (χ4v) is 4.07. The van der Waals surface area contributed by atoms with Gasteiger partial charge in [0.25, 0.3) is 5.56 Å². The number of unbranched alkanes of at least 4 members (excludes halogenated alkanes) is 1. The van der Waals surface area contributed by atoms with Crippen LogP contribution in [0.1, 0.15) is 38.6 Å². The highest BCUT2D eigenvalue weighted by atomic mass is 32.1. The zero-order valence-electron chi connectivity index (χ0n) is 16.5. The number of hydrogen-bond donors (Lipinski definition) is 0. The Labute approximate surface area is 167 Å². The summed E-state index contributed by atoms with van der Waals surface area (Å²) in [7, 11) is 1.61. The molecule has 2 heterocycles. The molecule has 1 atom stereocenters. The van der Waals surface area contributed by atoms with Crippen LogP contribution in [0.5, 0.6) is 5.75 Å². The topological polar surface area (TPSA) is 70.4 Å². The summed E-state index contributed by atoms with van der Waals surface area (Å²) in [5, 5.41) is 2.45. The van der Waals surface area contributed by atoms with Crippen LogP contribution in [-0.4, -0.2) is 29.2 Å². The predicted molar refractivity (Wildman–Crippen MR) is 111 cm³/mol. The average molecular weight is 401 g/mol. The largest absolute Gasteiger partial charge is 0.497 e. The molecular formula is C21H24N2O4S. The molecule has 0 aliphatic heterocycles. The van der Waals surface area contributed by atoms with E-state index in [9.17, 15) is 9.59 Å². The minimum absolute atomic E-state index is 0.227. The Hall–Kier alpha value is -2.67. The Morgan fingerprint density at radius 3 is 2.64 bits per heavy atom. The predicted octanol–water partition coefficient (Wildman–Crippen LogP) is 4.35. The molecule has 0 N–H and O–H groups in total. The fourth-order valence-electron chi connectivity index (χ4n) is 3.09. The lowest BCUT2D eigenvalue weighted by Crippen LogP contribution is -2.32. The molecule has 0 saturated heterocycles. The Bertz CT molecular complexity index is 1040. The first kappa shape index (κ1) is 20.1. The van der Waals surface area contributed by atoms with E-state index in [1.807, 2.05) is 36.6 Å². The molecule has 0 aliphatic carbocycles. The number of aryl methyl sites for hydroxylation is 1. The molecule has 0 amide bonds. The third kappa shape index (κ3) is 3.80. The highest BCUT2D eigenvalue weighted by Gasteiger charge is 2.23. The number of esters is 1. The van der Waals surface area contributed by atoms with E-state index in [1.165, 1.54) is 15.9 Å². The second kappa shape index (κ2) is 8.56. The number of thiophene rings is 1. The van der Waals surface area contributed by atoms with Crippen molar-refractivity contribution >= 4 is 27.5 Å². The number of ether oxygens (including phenoxy) is 2. The lowest BCUT2D eigenvalue weighted by Gasteiger charge is -2.17. The number of carbonyl (C=O) groups excluding carboxylic acids is 1. The van der Waals surface area contributed by atoms with Gasteiger partial charge in [0.05, 0.1) is 19.1 Å². The van der Waals surface area contributed by atoms with Crippen molar-refractivity contribution in [1.29, 1.82) is 0 Å². The molecule has 0 aliphatic rings. The van der Waals surface area contributed by atoms with Gasteiger partial charge in [0, 0.05) is 10.9 Å². The van der Waals surface area contributed by atoms with Crippen LogP contribution in [0.4, 0.5) is 0 Å². The molecule has 7 heteroatoms. The number of fused-ring (bicyclic) bond motifs is 1. The molecule has 6 nitrogen and oxygen atoms in total. The number of methoxy groups -OCH3 is 1. The summed E-state index contributed by atoms with van der Waals surface area (Å²) in [5.41, 5.74) is 1.48. The Balaban J connectivity index is 2.05. The smallest absolute Gasteiger partial charge is 0.329 e. The normalized spacial score (nSPS) is 12.1. The molecule has 3 rings (SSSR count). The van der Waals surface area contributed by atoms with Gasteiger partial charge in [-0.3, -0.25) is 9.36 Å². The zero-order chi connectivity index (χ0) is 20.3. The van der Waals surface area contributed by atoms with Gasteiger partial charge >= 0.3 is 5.97 Å². The second-order valence-electron chi connectivity index (χ2n) is 6.59. The molecule has 0 fully saturated rings. The lowest BCUT2D eigenvalue weighted by molar-refractivity contribution is -0.147. The van der Waals surface area contributed by atoms with Crippen LogP contribution in [0.2, 0.25) is 0 Å². The molecule has 148 valence electrons. The van der Waals surface area contributed by atoms with E-state index in [0.717, 1.165) is 29.7 Å². The summed E-state index contributed by atoms with van der Waals surface area (Å²) in [6.07, 6.45) is 1.74.